The van der Waals surface area contributed by atoms with Gasteiger partial charge in [-0.05, 0) is 82.5 Å². The lowest BCUT2D eigenvalue weighted by atomic mass is 9.84. The lowest BCUT2D eigenvalue weighted by Crippen LogP contribution is -1.92. The van der Waals surface area contributed by atoms with Gasteiger partial charge in [-0.1, -0.05) is 164 Å². The zero-order valence-corrected chi connectivity index (χ0v) is 26.4. The van der Waals surface area contributed by atoms with Crippen LogP contribution in [0.5, 0.6) is 0 Å². The molecule has 0 fully saturated rings. The van der Waals surface area contributed by atoms with Gasteiger partial charge in [0, 0.05) is 20.2 Å². The van der Waals surface area contributed by atoms with Crippen molar-refractivity contribution < 1.29 is 0 Å². The van der Waals surface area contributed by atoms with Gasteiger partial charge in [-0.3, -0.25) is 0 Å². The van der Waals surface area contributed by atoms with Crippen LogP contribution < -0.4 is 0 Å². The van der Waals surface area contributed by atoms with Gasteiger partial charge in [-0.2, -0.15) is 0 Å². The first kappa shape index (κ1) is 26.5. The molecule has 10 aromatic rings. The highest BCUT2D eigenvalue weighted by Crippen LogP contribution is 2.47. The summed E-state index contributed by atoms with van der Waals surface area (Å²) in [5.41, 5.74) is 7.64. The van der Waals surface area contributed by atoms with Crippen LogP contribution in [0.2, 0.25) is 0 Å². The SMILES string of the molecule is c1cc(-c2c3ccccc3c(-c3cccc4ccccc34)c3ccccc23)cc(-c2cccc3c2sc2c4ccccc4ccc32)c1. The van der Waals surface area contributed by atoms with Crippen LogP contribution in [0.4, 0.5) is 0 Å². The average molecular weight is 613 g/mol. The van der Waals surface area contributed by atoms with Crippen LogP contribution in [0.25, 0.3) is 96.6 Å². The lowest BCUT2D eigenvalue weighted by molar-refractivity contribution is 1.64. The fraction of sp³-hybridized carbons (Fsp3) is 0. The smallest absolute Gasteiger partial charge is 0.0434 e. The normalized spacial score (nSPS) is 11.8. The van der Waals surface area contributed by atoms with Gasteiger partial charge in [0.2, 0.25) is 0 Å². The van der Waals surface area contributed by atoms with E-state index in [4.69, 9.17) is 0 Å². The van der Waals surface area contributed by atoms with Crippen LogP contribution in [-0.2, 0) is 0 Å². The monoisotopic (exact) mass is 612 g/mol. The zero-order valence-electron chi connectivity index (χ0n) is 25.6. The van der Waals surface area contributed by atoms with Gasteiger partial charge in [0.1, 0.15) is 0 Å². The minimum atomic E-state index is 1.24. The van der Waals surface area contributed by atoms with Gasteiger partial charge in [-0.25, -0.2) is 0 Å². The predicted molar refractivity (Wildman–Crippen MR) is 206 cm³/mol. The molecule has 0 N–H and O–H groups in total. The van der Waals surface area contributed by atoms with E-state index in [0.717, 1.165) is 0 Å². The number of hydrogen-bond donors (Lipinski definition) is 0. The molecule has 0 saturated heterocycles. The molecular formula is C46H28S. The Morgan fingerprint density at radius 3 is 1.51 bits per heavy atom. The van der Waals surface area contributed by atoms with Gasteiger partial charge >= 0.3 is 0 Å². The number of hydrogen-bond acceptors (Lipinski definition) is 1. The van der Waals surface area contributed by atoms with Crippen molar-refractivity contribution in [1.29, 1.82) is 0 Å². The van der Waals surface area contributed by atoms with E-state index in [1.54, 1.807) is 0 Å². The van der Waals surface area contributed by atoms with E-state index in [2.05, 4.69) is 170 Å². The van der Waals surface area contributed by atoms with E-state index in [0.29, 0.717) is 0 Å². The zero-order chi connectivity index (χ0) is 30.9. The predicted octanol–water partition coefficient (Wildman–Crippen LogP) is 13.7. The standard InChI is InChI=1S/C46H28S/c1-3-17-33-29(12-1)14-10-24-36(33)44-39-21-7-5-19-37(39)43(38-20-6-8-22-40(38)44)32-16-9-15-31(28-32)35-23-11-25-41-42-27-26-30-13-2-4-18-34(30)45(42)47-46(35)41/h1-28H. The van der Waals surface area contributed by atoms with Crippen LogP contribution in [0.1, 0.15) is 0 Å². The Morgan fingerprint density at radius 1 is 0.277 bits per heavy atom. The van der Waals surface area contributed by atoms with E-state index in [1.165, 1.54) is 96.6 Å². The molecule has 47 heavy (non-hydrogen) atoms. The minimum Gasteiger partial charge on any atom is -0.134 e. The first-order valence-electron chi connectivity index (χ1n) is 16.2. The fourth-order valence-corrected chi connectivity index (χ4v) is 9.14. The van der Waals surface area contributed by atoms with Crippen molar-refractivity contribution in [2.45, 2.75) is 0 Å². The summed E-state index contributed by atoms with van der Waals surface area (Å²) in [6.45, 7) is 0. The van der Waals surface area contributed by atoms with Crippen molar-refractivity contribution in [1.82, 2.24) is 0 Å². The number of benzene rings is 9. The third-order valence-electron chi connectivity index (χ3n) is 9.84. The molecule has 0 bridgehead atoms. The second-order valence-electron chi connectivity index (χ2n) is 12.4. The van der Waals surface area contributed by atoms with Crippen LogP contribution in [0.3, 0.4) is 0 Å². The highest BCUT2D eigenvalue weighted by Gasteiger charge is 2.19. The van der Waals surface area contributed by atoms with Crippen molar-refractivity contribution in [3.05, 3.63) is 170 Å². The molecule has 9 aromatic carbocycles. The van der Waals surface area contributed by atoms with Crippen molar-refractivity contribution in [2.24, 2.45) is 0 Å². The molecule has 0 unspecified atom stereocenters. The summed E-state index contributed by atoms with van der Waals surface area (Å²) in [7, 11) is 0. The lowest BCUT2D eigenvalue weighted by Gasteiger charge is -2.19. The van der Waals surface area contributed by atoms with Crippen LogP contribution in [0.15, 0.2) is 170 Å². The summed E-state index contributed by atoms with van der Waals surface area (Å²) in [6, 6.07) is 62.6. The number of thiophene rings is 1. The van der Waals surface area contributed by atoms with Crippen molar-refractivity contribution in [3.8, 4) is 33.4 Å². The fourth-order valence-electron chi connectivity index (χ4n) is 7.77. The molecule has 0 nitrogen and oxygen atoms in total. The summed E-state index contributed by atoms with van der Waals surface area (Å²) >= 11 is 1.92. The van der Waals surface area contributed by atoms with E-state index in [-0.39, 0.29) is 0 Å². The molecule has 0 radical (unpaired) electrons. The Bertz CT molecular complexity index is 2790. The third kappa shape index (κ3) is 4.00. The Labute approximate surface area is 276 Å². The molecular weight excluding hydrogens is 585 g/mol. The second kappa shape index (κ2) is 10.4. The van der Waals surface area contributed by atoms with Gasteiger partial charge in [0.05, 0.1) is 0 Å². The van der Waals surface area contributed by atoms with Crippen LogP contribution in [0, 0.1) is 0 Å². The highest BCUT2D eigenvalue weighted by atomic mass is 32.1. The molecule has 0 saturated carbocycles. The maximum atomic E-state index is 2.41. The average Bonchev–Trinajstić information content (AvgIpc) is 3.53. The van der Waals surface area contributed by atoms with Gasteiger partial charge in [0.25, 0.3) is 0 Å². The molecule has 1 aromatic heterocycles. The van der Waals surface area contributed by atoms with Gasteiger partial charge in [0.15, 0.2) is 0 Å². The molecule has 1 heteroatoms. The minimum absolute atomic E-state index is 1.24. The Kier molecular flexibility index (Phi) is 5.85. The summed E-state index contributed by atoms with van der Waals surface area (Å²) in [5.74, 6) is 0. The molecule has 10 rings (SSSR count). The number of fused-ring (bicyclic) bond motifs is 8. The van der Waals surface area contributed by atoms with Gasteiger partial charge < -0.3 is 0 Å². The highest BCUT2D eigenvalue weighted by molar-refractivity contribution is 7.27. The summed E-state index contributed by atoms with van der Waals surface area (Å²) in [6.07, 6.45) is 0. The molecule has 0 aliphatic rings. The van der Waals surface area contributed by atoms with Crippen molar-refractivity contribution >= 4 is 74.6 Å². The molecule has 0 spiro atoms. The molecule has 0 atom stereocenters. The third-order valence-corrected chi connectivity index (χ3v) is 11.1. The molecule has 218 valence electrons. The largest absolute Gasteiger partial charge is 0.134 e. The maximum absolute atomic E-state index is 2.41. The first-order chi connectivity index (χ1) is 23.3. The molecule has 1 heterocycles. The molecule has 0 aliphatic heterocycles. The quantitative estimate of drug-likeness (QED) is 0.174. The topological polar surface area (TPSA) is 0 Å². The summed E-state index contributed by atoms with van der Waals surface area (Å²) in [5, 5.41) is 12.9. The van der Waals surface area contributed by atoms with Crippen molar-refractivity contribution in [3.63, 3.8) is 0 Å². The summed E-state index contributed by atoms with van der Waals surface area (Å²) < 4.78 is 2.71. The van der Waals surface area contributed by atoms with E-state index >= 15 is 0 Å². The van der Waals surface area contributed by atoms with E-state index in [1.807, 2.05) is 11.3 Å². The van der Waals surface area contributed by atoms with Gasteiger partial charge in [-0.15, -0.1) is 11.3 Å². The second-order valence-corrected chi connectivity index (χ2v) is 13.4. The van der Waals surface area contributed by atoms with Crippen molar-refractivity contribution in [2.75, 3.05) is 0 Å². The first-order valence-corrected chi connectivity index (χ1v) is 17.0. The van der Waals surface area contributed by atoms with Crippen LogP contribution >= 0.6 is 11.3 Å². The number of rotatable bonds is 3. The Balaban J connectivity index is 1.24. The van der Waals surface area contributed by atoms with E-state index in [9.17, 15) is 0 Å². The summed E-state index contributed by atoms with van der Waals surface area (Å²) in [4.78, 5) is 0. The Morgan fingerprint density at radius 2 is 0.766 bits per heavy atom. The molecule has 0 aliphatic carbocycles. The maximum Gasteiger partial charge on any atom is 0.0434 e. The molecule has 0 amide bonds. The van der Waals surface area contributed by atoms with Crippen LogP contribution in [-0.4, -0.2) is 0 Å². The van der Waals surface area contributed by atoms with E-state index < -0.39 is 0 Å². The Hall–Kier alpha value is -5.76.